The van der Waals surface area contributed by atoms with E-state index in [1.807, 2.05) is 48.7 Å². The molecule has 0 N–H and O–H groups in total. The van der Waals surface area contributed by atoms with Crippen molar-refractivity contribution in [1.82, 2.24) is 24.4 Å². The van der Waals surface area contributed by atoms with E-state index in [0.29, 0.717) is 24.0 Å². The molecule has 2 aliphatic heterocycles. The molecule has 8 nitrogen and oxygen atoms in total. The summed E-state index contributed by atoms with van der Waals surface area (Å²) in [5, 5.41) is 1.11. The minimum absolute atomic E-state index is 0.148. The average Bonchev–Trinajstić information content (AvgIpc) is 3.39. The fraction of sp³-hybridized carbons (Fsp3) is 0.353. The fourth-order valence-electron chi connectivity index (χ4n) is 6.29. The number of pyridine rings is 2. The second-order valence-electron chi connectivity index (χ2n) is 11.4. The van der Waals surface area contributed by atoms with Gasteiger partial charge in [-0.3, -0.25) is 14.7 Å². The number of aromatic nitrogens is 4. The van der Waals surface area contributed by atoms with E-state index in [1.54, 1.807) is 0 Å². The zero-order chi connectivity index (χ0) is 28.5. The third-order valence-electron chi connectivity index (χ3n) is 8.82. The van der Waals surface area contributed by atoms with Crippen LogP contribution in [0.4, 0.5) is 0 Å². The summed E-state index contributed by atoms with van der Waals surface area (Å²) in [7, 11) is 0. The van der Waals surface area contributed by atoms with Crippen LogP contribution in [0.1, 0.15) is 65.6 Å². The van der Waals surface area contributed by atoms with Crippen LogP contribution in [-0.2, 0) is 17.9 Å². The van der Waals surface area contributed by atoms with Gasteiger partial charge >= 0.3 is 0 Å². The molecule has 0 spiro atoms. The molecule has 0 aliphatic carbocycles. The highest BCUT2D eigenvalue weighted by Gasteiger charge is 2.30. The number of aldehydes is 1. The van der Waals surface area contributed by atoms with Crippen molar-refractivity contribution in [2.24, 2.45) is 0 Å². The number of benzene rings is 2. The predicted octanol–water partition coefficient (Wildman–Crippen LogP) is 6.10. The summed E-state index contributed by atoms with van der Waals surface area (Å²) in [5.41, 5.74) is 5.72. The van der Waals surface area contributed by atoms with Gasteiger partial charge in [0.2, 0.25) is 5.88 Å². The van der Waals surface area contributed by atoms with Crippen molar-refractivity contribution in [3.05, 3.63) is 95.6 Å². The number of carbonyl (C=O) groups is 1. The Morgan fingerprint density at radius 3 is 2.67 bits per heavy atom. The highest BCUT2D eigenvalue weighted by molar-refractivity contribution is 5.85. The van der Waals surface area contributed by atoms with Gasteiger partial charge in [0, 0.05) is 47.0 Å². The number of imidazole rings is 1. The third kappa shape index (κ3) is 5.28. The number of piperidine rings is 1. The smallest absolute Gasteiger partial charge is 0.213 e. The first-order valence-corrected chi connectivity index (χ1v) is 14.9. The molecular formula is C34H35N5O3. The summed E-state index contributed by atoms with van der Waals surface area (Å²) >= 11 is 0. The number of rotatable bonds is 9. The normalized spacial score (nSPS) is 18.6. The van der Waals surface area contributed by atoms with E-state index in [4.69, 9.17) is 19.4 Å². The van der Waals surface area contributed by atoms with Gasteiger partial charge in [0.05, 0.1) is 35.2 Å². The highest BCUT2D eigenvalue weighted by Crippen LogP contribution is 2.34. The molecule has 8 heteroatoms. The highest BCUT2D eigenvalue weighted by atomic mass is 16.5. The lowest BCUT2D eigenvalue weighted by Gasteiger charge is -2.36. The fourth-order valence-corrected chi connectivity index (χ4v) is 6.29. The lowest BCUT2D eigenvalue weighted by Crippen LogP contribution is -2.37. The third-order valence-corrected chi connectivity index (χ3v) is 8.82. The largest absolute Gasteiger partial charge is 0.473 e. The van der Waals surface area contributed by atoms with Gasteiger partial charge in [-0.05, 0) is 69.6 Å². The molecule has 0 saturated carbocycles. The molecule has 2 aromatic carbocycles. The number of nitrogens with zero attached hydrogens (tertiary/aromatic N) is 5. The van der Waals surface area contributed by atoms with Crippen LogP contribution < -0.4 is 4.74 Å². The Bertz CT molecular complexity index is 1720. The first-order chi connectivity index (χ1) is 20.7. The van der Waals surface area contributed by atoms with Crippen molar-refractivity contribution in [3.8, 4) is 5.88 Å². The summed E-state index contributed by atoms with van der Waals surface area (Å²) in [5.74, 6) is 2.07. The topological polar surface area (TPSA) is 82.4 Å². The van der Waals surface area contributed by atoms with Crippen molar-refractivity contribution in [2.45, 2.75) is 57.4 Å². The van der Waals surface area contributed by atoms with Gasteiger partial charge in [0.15, 0.2) is 0 Å². The van der Waals surface area contributed by atoms with Gasteiger partial charge in [-0.2, -0.15) is 0 Å². The van der Waals surface area contributed by atoms with Gasteiger partial charge in [0.25, 0.3) is 0 Å². The van der Waals surface area contributed by atoms with E-state index in [0.717, 1.165) is 90.8 Å². The quantitative estimate of drug-likeness (QED) is 0.201. The van der Waals surface area contributed by atoms with Crippen LogP contribution in [0.25, 0.3) is 21.9 Å². The standard InChI is InChI=1S/C34H35N5O3/c1-23(34-37-30-11-10-24(21-40)19-31(30)39(34)20-28-14-18-41-28)38-16-12-25(13-17-38)29-8-3-9-32(36-29)42-22-27-6-2-5-26-7-4-15-35-33(26)27/h2-11,15,19,21,23,25,28H,12-14,16-18,20,22H2,1H3. The van der Waals surface area contributed by atoms with Crippen LogP contribution in [0.15, 0.2) is 72.9 Å². The summed E-state index contributed by atoms with van der Waals surface area (Å²) in [6, 6.07) is 22.2. The Morgan fingerprint density at radius 2 is 1.86 bits per heavy atom. The van der Waals surface area contributed by atoms with Crippen molar-refractivity contribution in [3.63, 3.8) is 0 Å². The molecule has 2 atom stereocenters. The SMILES string of the molecule is CC(c1nc2ccc(C=O)cc2n1CC1CCO1)N1CCC(c2cccc(OCc3cccc4cccnc34)n2)CC1. The van der Waals surface area contributed by atoms with E-state index in [2.05, 4.69) is 45.6 Å². The Hall–Kier alpha value is -4.14. The summed E-state index contributed by atoms with van der Waals surface area (Å²) < 4.78 is 14.2. The van der Waals surface area contributed by atoms with Crippen LogP contribution in [0, 0.1) is 0 Å². The Labute approximate surface area is 245 Å². The number of ether oxygens (including phenoxy) is 2. The van der Waals surface area contributed by atoms with Gasteiger partial charge in [0.1, 0.15) is 18.7 Å². The lowest BCUT2D eigenvalue weighted by molar-refractivity contribution is -0.0594. The second kappa shape index (κ2) is 11.6. The van der Waals surface area contributed by atoms with Crippen LogP contribution in [0.5, 0.6) is 5.88 Å². The minimum atomic E-state index is 0.148. The second-order valence-corrected chi connectivity index (χ2v) is 11.4. The first-order valence-electron chi connectivity index (χ1n) is 14.9. The molecule has 0 amide bonds. The van der Waals surface area contributed by atoms with E-state index in [9.17, 15) is 4.79 Å². The van der Waals surface area contributed by atoms with Gasteiger partial charge < -0.3 is 14.0 Å². The van der Waals surface area contributed by atoms with Gasteiger partial charge in [-0.25, -0.2) is 9.97 Å². The Morgan fingerprint density at radius 1 is 1.02 bits per heavy atom. The minimum Gasteiger partial charge on any atom is -0.473 e. The molecule has 214 valence electrons. The molecule has 3 aromatic heterocycles. The summed E-state index contributed by atoms with van der Waals surface area (Å²) in [6.07, 6.45) is 6.03. The molecule has 2 saturated heterocycles. The molecule has 0 radical (unpaired) electrons. The number of fused-ring (bicyclic) bond motifs is 2. The zero-order valence-corrected chi connectivity index (χ0v) is 23.9. The maximum absolute atomic E-state index is 11.5. The van der Waals surface area contributed by atoms with Crippen molar-refractivity contribution < 1.29 is 14.3 Å². The molecule has 2 aliphatic rings. The maximum atomic E-state index is 11.5. The first kappa shape index (κ1) is 26.7. The lowest BCUT2D eigenvalue weighted by atomic mass is 9.92. The molecule has 2 fully saturated rings. The van der Waals surface area contributed by atoms with Gasteiger partial charge in [-0.15, -0.1) is 0 Å². The number of para-hydroxylation sites is 1. The molecule has 0 bridgehead atoms. The van der Waals surface area contributed by atoms with Crippen LogP contribution in [-0.4, -0.2) is 56.5 Å². The van der Waals surface area contributed by atoms with E-state index in [1.165, 1.54) is 0 Å². The number of hydrogen-bond acceptors (Lipinski definition) is 7. The molecule has 5 aromatic rings. The predicted molar refractivity (Wildman–Crippen MR) is 162 cm³/mol. The van der Waals surface area contributed by atoms with Crippen molar-refractivity contribution in [2.75, 3.05) is 19.7 Å². The van der Waals surface area contributed by atoms with Crippen LogP contribution in [0.3, 0.4) is 0 Å². The number of carbonyl (C=O) groups excluding carboxylic acids is 1. The number of likely N-dealkylation sites (tertiary alicyclic amines) is 1. The monoisotopic (exact) mass is 561 g/mol. The zero-order valence-electron chi connectivity index (χ0n) is 23.9. The van der Waals surface area contributed by atoms with E-state index >= 15 is 0 Å². The van der Waals surface area contributed by atoms with E-state index in [-0.39, 0.29) is 12.1 Å². The van der Waals surface area contributed by atoms with E-state index < -0.39 is 0 Å². The average molecular weight is 562 g/mol. The van der Waals surface area contributed by atoms with Crippen LogP contribution >= 0.6 is 0 Å². The van der Waals surface area contributed by atoms with Crippen LogP contribution in [0.2, 0.25) is 0 Å². The molecule has 5 heterocycles. The van der Waals surface area contributed by atoms with Crippen molar-refractivity contribution in [1.29, 1.82) is 0 Å². The molecule has 42 heavy (non-hydrogen) atoms. The Kier molecular flexibility index (Phi) is 7.40. The molecule has 2 unspecified atom stereocenters. The molecule has 7 rings (SSSR count). The molecular weight excluding hydrogens is 526 g/mol. The summed E-state index contributed by atoms with van der Waals surface area (Å²) in [4.78, 5) is 28.5. The number of hydrogen-bond donors (Lipinski definition) is 0. The Balaban J connectivity index is 1.03. The maximum Gasteiger partial charge on any atom is 0.213 e. The summed E-state index contributed by atoms with van der Waals surface area (Å²) in [6.45, 7) is 6.18. The van der Waals surface area contributed by atoms with Gasteiger partial charge in [-0.1, -0.05) is 30.3 Å². The van der Waals surface area contributed by atoms with Crippen molar-refractivity contribution >= 4 is 28.2 Å².